The Hall–Kier alpha value is -4.58. The van der Waals surface area contributed by atoms with Crippen molar-refractivity contribution in [3.63, 3.8) is 0 Å². The average Bonchev–Trinajstić information content (AvgIpc) is 2.91. The number of hydrogen-bond acceptors (Lipinski definition) is 14. The zero-order valence-electron chi connectivity index (χ0n) is 21.5. The third kappa shape index (κ3) is 6.77. The van der Waals surface area contributed by atoms with Gasteiger partial charge < -0.3 is 21.3 Å². The maximum absolute atomic E-state index is 12.4. The van der Waals surface area contributed by atoms with E-state index in [-0.39, 0.29) is 44.3 Å². The Labute approximate surface area is 234 Å². The van der Waals surface area contributed by atoms with Gasteiger partial charge >= 0.3 is 5.97 Å². The molecule has 0 spiro atoms. The number of aliphatic hydroxyl groups excluding tert-OH is 1. The van der Waals surface area contributed by atoms with Crippen LogP contribution < -0.4 is 11.5 Å². The van der Waals surface area contributed by atoms with Crippen LogP contribution in [0.5, 0.6) is 0 Å². The van der Waals surface area contributed by atoms with Gasteiger partial charge in [0.05, 0.1) is 47.0 Å². The topological polar surface area (TPSA) is 254 Å². The Morgan fingerprint density at radius 2 is 1.56 bits per heavy atom. The molecule has 0 aromatic heterocycles. The van der Waals surface area contributed by atoms with Gasteiger partial charge in [-0.2, -0.15) is 8.42 Å². The molecule has 0 saturated carbocycles. The minimum Gasteiger partial charge on any atom is -0.465 e. The molecule has 0 fully saturated rings. The van der Waals surface area contributed by atoms with Gasteiger partial charge in [0, 0.05) is 5.56 Å². The number of methoxy groups -OCH3 is 1. The molecule has 0 bridgehead atoms. The monoisotopic (exact) mass is 604 g/mol. The number of benzene rings is 3. The quantitative estimate of drug-likeness (QED) is 0.0854. The Balaban J connectivity index is 2.18. The highest BCUT2D eigenvalue weighted by molar-refractivity contribution is 7.91. The normalized spacial score (nSPS) is 12.2. The van der Waals surface area contributed by atoms with Crippen molar-refractivity contribution in [1.82, 2.24) is 0 Å². The van der Waals surface area contributed by atoms with Crippen molar-refractivity contribution in [3.8, 4) is 0 Å². The number of sulfone groups is 1. The van der Waals surface area contributed by atoms with Crippen LogP contribution in [0.25, 0.3) is 0 Å². The first-order valence-electron chi connectivity index (χ1n) is 11.4. The van der Waals surface area contributed by atoms with E-state index in [4.69, 9.17) is 21.3 Å². The van der Waals surface area contributed by atoms with Crippen LogP contribution >= 0.6 is 0 Å². The molecule has 41 heavy (non-hydrogen) atoms. The summed E-state index contributed by atoms with van der Waals surface area (Å²) >= 11 is 0. The summed E-state index contributed by atoms with van der Waals surface area (Å²) in [4.78, 5) is 22.7. The van der Waals surface area contributed by atoms with E-state index in [0.29, 0.717) is 6.29 Å². The molecule has 216 valence electrons. The molecule has 0 unspecified atom stereocenters. The minimum absolute atomic E-state index is 0.0453. The second-order valence-electron chi connectivity index (χ2n) is 8.29. The number of anilines is 2. The number of aldehydes is 1. The van der Waals surface area contributed by atoms with Crippen LogP contribution in [0.1, 0.15) is 26.3 Å². The standard InChI is InChI=1S/C24H24N6O9S2/c1-13-9-17(14(12-32)10-19(13)40(34,35)8-7-31)28-30-23-21(25)18(11-20(22(23)26)41(36,37)38)29-27-16-6-4-3-5-15(16)24(33)39-2/h3-6,9-12,31H,7-8,25-26H2,1-2H3,(H,36,37,38). The number of carbonyl (C=O) groups is 2. The summed E-state index contributed by atoms with van der Waals surface area (Å²) < 4.78 is 63.3. The van der Waals surface area contributed by atoms with E-state index in [9.17, 15) is 31.0 Å². The molecule has 17 heteroatoms. The Morgan fingerprint density at radius 3 is 2.17 bits per heavy atom. The number of ether oxygens (including phenoxy) is 1. The molecule has 3 aromatic rings. The van der Waals surface area contributed by atoms with E-state index in [2.05, 4.69) is 20.5 Å². The number of rotatable bonds is 10. The molecule has 6 N–H and O–H groups in total. The smallest absolute Gasteiger partial charge is 0.340 e. The highest BCUT2D eigenvalue weighted by Crippen LogP contribution is 2.43. The van der Waals surface area contributed by atoms with Gasteiger partial charge in [-0.3, -0.25) is 9.35 Å². The third-order valence-corrected chi connectivity index (χ3v) is 8.30. The molecule has 0 aliphatic carbocycles. The molecular formula is C24H24N6O9S2. The minimum atomic E-state index is -4.94. The van der Waals surface area contributed by atoms with Crippen molar-refractivity contribution in [3.05, 3.63) is 59.2 Å². The van der Waals surface area contributed by atoms with E-state index < -0.39 is 54.6 Å². The lowest BCUT2D eigenvalue weighted by Gasteiger charge is -2.11. The van der Waals surface area contributed by atoms with Crippen LogP contribution in [-0.4, -0.2) is 58.2 Å². The number of carbonyl (C=O) groups excluding carboxylic acids is 2. The lowest BCUT2D eigenvalue weighted by molar-refractivity contribution is 0.0601. The van der Waals surface area contributed by atoms with Crippen molar-refractivity contribution in [2.24, 2.45) is 20.5 Å². The first-order valence-corrected chi connectivity index (χ1v) is 14.5. The SMILES string of the molecule is COC(=O)c1ccccc1N=Nc1cc(S(=O)(=O)O)c(N)c(N=Nc2cc(C)c(S(=O)(=O)CCO)cc2C=O)c1N. The van der Waals surface area contributed by atoms with Crippen molar-refractivity contribution < 1.29 is 40.8 Å². The van der Waals surface area contributed by atoms with Crippen molar-refractivity contribution in [2.45, 2.75) is 16.7 Å². The number of azo groups is 2. The molecule has 3 aromatic carbocycles. The second-order valence-corrected chi connectivity index (χ2v) is 11.8. The van der Waals surface area contributed by atoms with E-state index >= 15 is 0 Å². The summed E-state index contributed by atoms with van der Waals surface area (Å²) in [6, 6.07) is 9.10. The van der Waals surface area contributed by atoms with Crippen molar-refractivity contribution >= 4 is 66.3 Å². The van der Waals surface area contributed by atoms with Crippen LogP contribution in [0, 0.1) is 6.92 Å². The van der Waals surface area contributed by atoms with Crippen LogP contribution in [0.4, 0.5) is 34.1 Å². The second kappa shape index (κ2) is 12.3. The number of aliphatic hydroxyl groups is 1. The fourth-order valence-electron chi connectivity index (χ4n) is 3.56. The summed E-state index contributed by atoms with van der Waals surface area (Å²) in [5.74, 6) is -1.28. The maximum atomic E-state index is 12.4. The van der Waals surface area contributed by atoms with E-state index in [1.54, 1.807) is 12.1 Å². The van der Waals surface area contributed by atoms with Gasteiger partial charge in [0.25, 0.3) is 10.1 Å². The van der Waals surface area contributed by atoms with E-state index in [1.807, 2.05) is 0 Å². The molecule has 0 atom stereocenters. The summed E-state index contributed by atoms with van der Waals surface area (Å²) in [5.41, 5.74) is 10.3. The van der Waals surface area contributed by atoms with Gasteiger partial charge in [0.1, 0.15) is 22.0 Å². The molecule has 3 rings (SSSR count). The van der Waals surface area contributed by atoms with Gasteiger partial charge in [-0.25, -0.2) is 13.2 Å². The zero-order valence-corrected chi connectivity index (χ0v) is 23.2. The summed E-state index contributed by atoms with van der Waals surface area (Å²) in [7, 11) is -7.67. The first-order chi connectivity index (χ1) is 19.2. The maximum Gasteiger partial charge on any atom is 0.340 e. The highest BCUT2D eigenvalue weighted by atomic mass is 32.2. The van der Waals surface area contributed by atoms with Crippen LogP contribution in [-0.2, 0) is 24.7 Å². The lowest BCUT2D eigenvalue weighted by atomic mass is 10.1. The Kier molecular flexibility index (Phi) is 9.28. The van der Waals surface area contributed by atoms with Crippen molar-refractivity contribution in [2.75, 3.05) is 30.9 Å². The average molecular weight is 605 g/mol. The molecule has 0 heterocycles. The number of esters is 1. The highest BCUT2D eigenvalue weighted by Gasteiger charge is 2.23. The number of nitrogen functional groups attached to an aromatic ring is 2. The van der Waals surface area contributed by atoms with Gasteiger partial charge in [-0.05, 0) is 42.8 Å². The Bertz CT molecular complexity index is 1800. The number of hydrogen-bond donors (Lipinski definition) is 4. The lowest BCUT2D eigenvalue weighted by Crippen LogP contribution is -2.12. The third-order valence-electron chi connectivity index (χ3n) is 5.58. The molecule has 0 saturated heterocycles. The molecule has 0 aliphatic heterocycles. The Morgan fingerprint density at radius 1 is 0.927 bits per heavy atom. The summed E-state index contributed by atoms with van der Waals surface area (Å²) in [6.45, 7) is 0.806. The number of nitrogens with two attached hydrogens (primary N) is 2. The van der Waals surface area contributed by atoms with E-state index in [1.165, 1.54) is 32.2 Å². The predicted octanol–water partition coefficient (Wildman–Crippen LogP) is 3.60. The fraction of sp³-hybridized carbons (Fsp3) is 0.167. The van der Waals surface area contributed by atoms with Crippen LogP contribution in [0.3, 0.4) is 0 Å². The van der Waals surface area contributed by atoms with Gasteiger partial charge in [-0.15, -0.1) is 20.5 Å². The van der Waals surface area contributed by atoms with E-state index in [0.717, 1.165) is 12.1 Å². The van der Waals surface area contributed by atoms with Gasteiger partial charge in [0.15, 0.2) is 16.1 Å². The molecule has 0 amide bonds. The van der Waals surface area contributed by atoms with Crippen molar-refractivity contribution in [1.29, 1.82) is 0 Å². The van der Waals surface area contributed by atoms with Crippen LogP contribution in [0.2, 0.25) is 0 Å². The van der Waals surface area contributed by atoms with Gasteiger partial charge in [0.2, 0.25) is 0 Å². The molecular weight excluding hydrogens is 580 g/mol. The molecule has 0 aliphatic rings. The van der Waals surface area contributed by atoms with Gasteiger partial charge in [-0.1, -0.05) is 12.1 Å². The van der Waals surface area contributed by atoms with Crippen LogP contribution in [0.15, 0.2) is 72.7 Å². The molecule has 15 nitrogen and oxygen atoms in total. The first kappa shape index (κ1) is 31.0. The largest absolute Gasteiger partial charge is 0.465 e. The zero-order chi connectivity index (χ0) is 30.5. The summed E-state index contributed by atoms with van der Waals surface area (Å²) in [5, 5.41) is 24.7. The summed E-state index contributed by atoms with van der Waals surface area (Å²) in [6.07, 6.45) is 0.325. The predicted molar refractivity (Wildman–Crippen MR) is 147 cm³/mol. The fourth-order valence-corrected chi connectivity index (χ4v) is 5.51. The number of nitrogens with zero attached hydrogens (tertiary/aromatic N) is 4. The number of aryl methyl sites for hydroxylation is 1. The molecule has 0 radical (unpaired) electrons.